The van der Waals surface area contributed by atoms with Crippen molar-refractivity contribution in [3.8, 4) is 5.75 Å². The number of amides is 2. The largest absolute Gasteiger partial charge is 0.497 e. The molecular weight excluding hydrogens is 398 g/mol. The zero-order valence-corrected chi connectivity index (χ0v) is 17.3. The van der Waals surface area contributed by atoms with Crippen molar-refractivity contribution < 1.29 is 14.3 Å². The molecule has 4 rings (SSSR count). The molecule has 0 bridgehead atoms. The number of carbonyl (C=O) groups excluding carboxylic acids is 2. The van der Waals surface area contributed by atoms with Gasteiger partial charge in [0, 0.05) is 6.54 Å². The molecule has 2 aromatic rings. The quantitative estimate of drug-likeness (QED) is 0.689. The summed E-state index contributed by atoms with van der Waals surface area (Å²) in [5.41, 5.74) is 1.76. The first kappa shape index (κ1) is 20.0. The van der Waals surface area contributed by atoms with Gasteiger partial charge in [-0.05, 0) is 41.6 Å². The van der Waals surface area contributed by atoms with Gasteiger partial charge in [-0.15, -0.1) is 11.3 Å². The van der Waals surface area contributed by atoms with Gasteiger partial charge in [-0.3, -0.25) is 9.59 Å². The molecule has 152 valence electrons. The molecular formula is C23H21N3O3S. The highest BCUT2D eigenvalue weighted by molar-refractivity contribution is 7.12. The number of fused-ring (bicyclic) bond motifs is 1. The Morgan fingerprint density at radius 1 is 1.17 bits per heavy atom. The van der Waals surface area contributed by atoms with Crippen molar-refractivity contribution in [1.29, 1.82) is 0 Å². The molecule has 1 aromatic heterocycles. The second kappa shape index (κ2) is 9.00. The fourth-order valence-corrected chi connectivity index (χ4v) is 4.02. The first-order valence-electron chi connectivity index (χ1n) is 9.64. The molecule has 2 heterocycles. The molecule has 7 heteroatoms. The third kappa shape index (κ3) is 4.46. The van der Waals surface area contributed by atoms with Gasteiger partial charge in [0.25, 0.3) is 11.8 Å². The smallest absolute Gasteiger partial charge is 0.264 e. The maximum Gasteiger partial charge on any atom is 0.264 e. The third-order valence-electron chi connectivity index (χ3n) is 4.94. The fraction of sp³-hybridized carbons (Fsp3) is 0.217. The molecule has 0 spiro atoms. The van der Waals surface area contributed by atoms with Crippen molar-refractivity contribution in [3.05, 3.63) is 76.5 Å². The van der Waals surface area contributed by atoms with E-state index in [1.807, 2.05) is 53.9 Å². The molecule has 0 radical (unpaired) electrons. The Labute approximate surface area is 178 Å². The second-order valence-electron chi connectivity index (χ2n) is 6.93. The van der Waals surface area contributed by atoms with Gasteiger partial charge >= 0.3 is 0 Å². The number of amidine groups is 1. The lowest BCUT2D eigenvalue weighted by atomic mass is 9.96. The minimum Gasteiger partial charge on any atom is -0.497 e. The number of rotatable bonds is 7. The van der Waals surface area contributed by atoms with Crippen LogP contribution in [0.1, 0.15) is 15.2 Å². The average molecular weight is 420 g/mol. The van der Waals surface area contributed by atoms with Crippen LogP contribution in [-0.2, 0) is 11.2 Å². The van der Waals surface area contributed by atoms with Gasteiger partial charge in [0.15, 0.2) is 5.84 Å². The normalized spacial score (nSPS) is 17.2. The molecule has 2 amide bonds. The zero-order chi connectivity index (χ0) is 20.9. The predicted octanol–water partition coefficient (Wildman–Crippen LogP) is 3.56. The number of benzene rings is 1. The van der Waals surface area contributed by atoms with Crippen LogP contribution in [-0.4, -0.2) is 48.5 Å². The number of thiophene rings is 1. The van der Waals surface area contributed by atoms with Crippen molar-refractivity contribution in [2.45, 2.75) is 6.42 Å². The van der Waals surface area contributed by atoms with E-state index in [-0.39, 0.29) is 18.4 Å². The molecule has 0 saturated heterocycles. The summed E-state index contributed by atoms with van der Waals surface area (Å²) < 4.78 is 5.20. The monoisotopic (exact) mass is 419 g/mol. The highest BCUT2D eigenvalue weighted by Crippen LogP contribution is 2.19. The molecule has 1 unspecified atom stereocenters. The Morgan fingerprint density at radius 2 is 2.00 bits per heavy atom. The van der Waals surface area contributed by atoms with Gasteiger partial charge < -0.3 is 9.64 Å². The topological polar surface area (TPSA) is 71.3 Å². The summed E-state index contributed by atoms with van der Waals surface area (Å²) in [6, 6.07) is 11.4. The van der Waals surface area contributed by atoms with Crippen molar-refractivity contribution in [1.82, 2.24) is 4.90 Å². The number of carbonyl (C=O) groups is 2. The maximum absolute atomic E-state index is 13.1. The molecule has 0 fully saturated rings. The lowest BCUT2D eigenvalue weighted by Crippen LogP contribution is -2.39. The number of hydrogen-bond donors (Lipinski definition) is 0. The Bertz CT molecular complexity index is 1050. The van der Waals surface area contributed by atoms with E-state index in [0.29, 0.717) is 29.4 Å². The van der Waals surface area contributed by atoms with Crippen LogP contribution in [0.3, 0.4) is 0 Å². The lowest BCUT2D eigenvalue weighted by Gasteiger charge is -2.24. The molecule has 1 atom stereocenters. The Balaban J connectivity index is 1.52. The summed E-state index contributed by atoms with van der Waals surface area (Å²) in [7, 11) is 1.63. The van der Waals surface area contributed by atoms with Crippen molar-refractivity contribution in [2.24, 2.45) is 15.9 Å². The van der Waals surface area contributed by atoms with E-state index in [0.717, 1.165) is 11.3 Å². The summed E-state index contributed by atoms with van der Waals surface area (Å²) in [6.07, 6.45) is 7.96. The Hall–Kier alpha value is -3.32. The van der Waals surface area contributed by atoms with Crippen LogP contribution >= 0.6 is 11.3 Å². The van der Waals surface area contributed by atoms with Gasteiger partial charge in [-0.1, -0.05) is 36.4 Å². The van der Waals surface area contributed by atoms with Gasteiger partial charge in [0.05, 0.1) is 24.2 Å². The van der Waals surface area contributed by atoms with Crippen molar-refractivity contribution in [3.63, 3.8) is 0 Å². The van der Waals surface area contributed by atoms with Crippen LogP contribution in [0.5, 0.6) is 5.75 Å². The SMILES string of the molecule is COc1ccc(CCN(CC2=NC(=O)C3C=CC=CC3=N2)C(=O)c2cccs2)cc1. The van der Waals surface area contributed by atoms with E-state index >= 15 is 0 Å². The van der Waals surface area contributed by atoms with Crippen LogP contribution in [0.15, 0.2) is 76.1 Å². The number of hydrogen-bond acceptors (Lipinski definition) is 5. The number of allylic oxidation sites excluding steroid dienone is 3. The standard InChI is InChI=1S/C23H21N3O3S/c1-29-17-10-8-16(9-11-17)12-13-26(23(28)20-7-4-14-30-20)15-21-24-19-6-3-2-5-18(19)22(27)25-21/h2-11,14,18H,12-13,15H2,1H3. The van der Waals surface area contributed by atoms with Crippen molar-refractivity contribution >= 4 is 34.7 Å². The van der Waals surface area contributed by atoms with E-state index < -0.39 is 5.92 Å². The predicted molar refractivity (Wildman–Crippen MR) is 119 cm³/mol. The first-order valence-corrected chi connectivity index (χ1v) is 10.5. The number of aliphatic imine (C=N–C) groups is 2. The van der Waals surface area contributed by atoms with Crippen LogP contribution in [0, 0.1) is 5.92 Å². The summed E-state index contributed by atoms with van der Waals surface area (Å²) >= 11 is 1.40. The van der Waals surface area contributed by atoms with Gasteiger partial charge in [-0.25, -0.2) is 4.99 Å². The molecule has 30 heavy (non-hydrogen) atoms. The van der Waals surface area contributed by atoms with Gasteiger partial charge in [0.2, 0.25) is 0 Å². The highest BCUT2D eigenvalue weighted by Gasteiger charge is 2.28. The van der Waals surface area contributed by atoms with Crippen LogP contribution < -0.4 is 4.74 Å². The van der Waals surface area contributed by atoms with Crippen LogP contribution in [0.25, 0.3) is 0 Å². The molecule has 2 aliphatic rings. The molecule has 1 aromatic carbocycles. The third-order valence-corrected chi connectivity index (χ3v) is 5.80. The number of nitrogens with zero attached hydrogens (tertiary/aromatic N) is 3. The molecule has 0 saturated carbocycles. The number of methoxy groups -OCH3 is 1. The fourth-order valence-electron chi connectivity index (χ4n) is 3.32. The summed E-state index contributed by atoms with van der Waals surface area (Å²) in [6.45, 7) is 0.673. The molecule has 1 aliphatic carbocycles. The molecule has 1 aliphatic heterocycles. The van der Waals surface area contributed by atoms with E-state index in [9.17, 15) is 9.59 Å². The van der Waals surface area contributed by atoms with Gasteiger partial charge in [0.1, 0.15) is 11.7 Å². The molecule has 0 N–H and O–H groups in total. The molecule has 6 nitrogen and oxygen atoms in total. The minimum atomic E-state index is -0.417. The van der Waals surface area contributed by atoms with Crippen LogP contribution in [0.4, 0.5) is 0 Å². The number of ether oxygens (including phenoxy) is 1. The summed E-state index contributed by atoms with van der Waals surface area (Å²) in [5, 5.41) is 1.88. The first-order chi connectivity index (χ1) is 14.6. The summed E-state index contributed by atoms with van der Waals surface area (Å²) in [4.78, 5) is 36.5. The van der Waals surface area contributed by atoms with Crippen molar-refractivity contribution in [2.75, 3.05) is 20.2 Å². The lowest BCUT2D eigenvalue weighted by molar-refractivity contribution is -0.118. The zero-order valence-electron chi connectivity index (χ0n) is 16.5. The highest BCUT2D eigenvalue weighted by atomic mass is 32.1. The van der Waals surface area contributed by atoms with E-state index in [1.165, 1.54) is 11.3 Å². The minimum absolute atomic E-state index is 0.0879. The van der Waals surface area contributed by atoms with E-state index in [1.54, 1.807) is 24.2 Å². The second-order valence-corrected chi connectivity index (χ2v) is 7.87. The van der Waals surface area contributed by atoms with E-state index in [4.69, 9.17) is 4.74 Å². The van der Waals surface area contributed by atoms with Gasteiger partial charge in [-0.2, -0.15) is 4.99 Å². The van der Waals surface area contributed by atoms with Crippen LogP contribution in [0.2, 0.25) is 0 Å². The summed E-state index contributed by atoms with van der Waals surface area (Å²) in [5.74, 6) is 0.412. The Morgan fingerprint density at radius 3 is 2.73 bits per heavy atom. The average Bonchev–Trinajstić information content (AvgIpc) is 3.31. The maximum atomic E-state index is 13.1. The Kier molecular flexibility index (Phi) is 5.99. The van der Waals surface area contributed by atoms with E-state index in [2.05, 4.69) is 9.98 Å².